The van der Waals surface area contributed by atoms with Crippen LogP contribution >= 0.6 is 0 Å². The summed E-state index contributed by atoms with van der Waals surface area (Å²) in [6.45, 7) is 7.05. The van der Waals surface area contributed by atoms with Crippen molar-refractivity contribution in [2.75, 3.05) is 13.1 Å². The second-order valence-electron chi connectivity index (χ2n) is 7.13. The molecular weight excluding hydrogens is 256 g/mol. The lowest BCUT2D eigenvalue weighted by molar-refractivity contribution is 0.138. The van der Waals surface area contributed by atoms with Gasteiger partial charge < -0.3 is 0 Å². The standard InChI is InChI=1S/C19H26N2/c1-14-12-21(13-15(14)2)19-10-17(8-9-18(19)11-20)16-6-4-3-5-7-16/h3-7,14-15,17-19H,8-10,12-13H2,1-2H3. The molecule has 5 atom stereocenters. The van der Waals surface area contributed by atoms with Gasteiger partial charge in [0.1, 0.15) is 0 Å². The van der Waals surface area contributed by atoms with E-state index in [9.17, 15) is 5.26 Å². The van der Waals surface area contributed by atoms with Gasteiger partial charge in [-0.15, -0.1) is 0 Å². The number of hydrogen-bond donors (Lipinski definition) is 0. The van der Waals surface area contributed by atoms with E-state index < -0.39 is 0 Å². The highest BCUT2D eigenvalue weighted by molar-refractivity contribution is 5.21. The maximum atomic E-state index is 9.53. The van der Waals surface area contributed by atoms with E-state index in [1.165, 1.54) is 18.7 Å². The molecule has 0 amide bonds. The van der Waals surface area contributed by atoms with Gasteiger partial charge in [0.15, 0.2) is 0 Å². The molecule has 2 aliphatic rings. The molecule has 2 fully saturated rings. The zero-order valence-corrected chi connectivity index (χ0v) is 13.2. The Morgan fingerprint density at radius 3 is 2.33 bits per heavy atom. The minimum absolute atomic E-state index is 0.225. The first kappa shape index (κ1) is 14.6. The molecule has 1 aromatic carbocycles. The summed E-state index contributed by atoms with van der Waals surface area (Å²) in [6.07, 6.45) is 3.37. The predicted octanol–water partition coefficient (Wildman–Crippen LogP) is 4.05. The molecule has 2 nitrogen and oxygen atoms in total. The van der Waals surface area contributed by atoms with Crippen molar-refractivity contribution >= 4 is 0 Å². The van der Waals surface area contributed by atoms with Gasteiger partial charge in [0.2, 0.25) is 0 Å². The fourth-order valence-electron chi connectivity index (χ4n) is 4.17. The second-order valence-corrected chi connectivity index (χ2v) is 7.13. The lowest BCUT2D eigenvalue weighted by Crippen LogP contribution is -2.42. The molecule has 1 saturated carbocycles. The van der Waals surface area contributed by atoms with Crippen LogP contribution in [0.1, 0.15) is 44.6 Å². The largest absolute Gasteiger partial charge is 0.299 e. The van der Waals surface area contributed by atoms with Crippen molar-refractivity contribution in [3.63, 3.8) is 0 Å². The van der Waals surface area contributed by atoms with Crippen molar-refractivity contribution in [2.24, 2.45) is 17.8 Å². The molecule has 1 heterocycles. The van der Waals surface area contributed by atoms with Crippen molar-refractivity contribution in [3.8, 4) is 6.07 Å². The highest BCUT2D eigenvalue weighted by atomic mass is 15.2. The first-order valence-electron chi connectivity index (χ1n) is 8.37. The molecule has 0 bridgehead atoms. The lowest BCUT2D eigenvalue weighted by atomic mass is 9.75. The molecule has 3 rings (SSSR count). The topological polar surface area (TPSA) is 27.0 Å². The van der Waals surface area contributed by atoms with Gasteiger partial charge >= 0.3 is 0 Å². The average molecular weight is 282 g/mol. The van der Waals surface area contributed by atoms with E-state index in [-0.39, 0.29) is 5.92 Å². The predicted molar refractivity (Wildman–Crippen MR) is 85.8 cm³/mol. The van der Waals surface area contributed by atoms with E-state index in [1.54, 1.807) is 0 Å². The number of benzene rings is 1. The van der Waals surface area contributed by atoms with Crippen LogP contribution in [0.15, 0.2) is 30.3 Å². The third-order valence-corrected chi connectivity index (χ3v) is 5.74. The average Bonchev–Trinajstić information content (AvgIpc) is 2.87. The minimum Gasteiger partial charge on any atom is -0.299 e. The number of likely N-dealkylation sites (tertiary alicyclic amines) is 1. The van der Waals surface area contributed by atoms with E-state index in [0.717, 1.165) is 31.1 Å². The molecule has 0 N–H and O–H groups in total. The molecule has 0 aromatic heterocycles. The highest BCUT2D eigenvalue weighted by Crippen LogP contribution is 2.40. The molecule has 21 heavy (non-hydrogen) atoms. The van der Waals surface area contributed by atoms with Gasteiger partial charge in [-0.2, -0.15) is 5.26 Å². The van der Waals surface area contributed by atoms with Crippen LogP contribution in [0, 0.1) is 29.1 Å². The van der Waals surface area contributed by atoms with Crippen molar-refractivity contribution < 1.29 is 0 Å². The van der Waals surface area contributed by atoms with Gasteiger partial charge in [-0.1, -0.05) is 44.2 Å². The molecule has 0 radical (unpaired) electrons. The summed E-state index contributed by atoms with van der Waals surface area (Å²) >= 11 is 0. The Morgan fingerprint density at radius 2 is 1.71 bits per heavy atom. The Hall–Kier alpha value is -1.33. The molecule has 1 saturated heterocycles. The van der Waals surface area contributed by atoms with E-state index in [1.807, 2.05) is 0 Å². The van der Waals surface area contributed by atoms with Crippen molar-refractivity contribution in [1.82, 2.24) is 4.90 Å². The van der Waals surface area contributed by atoms with Crippen LogP contribution in [0.2, 0.25) is 0 Å². The Balaban J connectivity index is 1.75. The van der Waals surface area contributed by atoms with Crippen molar-refractivity contribution in [1.29, 1.82) is 5.26 Å². The summed E-state index contributed by atoms with van der Waals surface area (Å²) < 4.78 is 0. The van der Waals surface area contributed by atoms with Gasteiger partial charge in [-0.05, 0) is 42.6 Å². The van der Waals surface area contributed by atoms with Gasteiger partial charge in [0.25, 0.3) is 0 Å². The van der Waals surface area contributed by atoms with Crippen molar-refractivity contribution in [2.45, 2.75) is 45.1 Å². The van der Waals surface area contributed by atoms with Crippen LogP contribution < -0.4 is 0 Å². The van der Waals surface area contributed by atoms with Gasteiger partial charge in [0, 0.05) is 19.1 Å². The third-order valence-electron chi connectivity index (χ3n) is 5.74. The minimum atomic E-state index is 0.225. The molecule has 0 spiro atoms. The van der Waals surface area contributed by atoms with E-state index in [2.05, 4.69) is 55.1 Å². The van der Waals surface area contributed by atoms with Crippen LogP contribution in [0.25, 0.3) is 0 Å². The molecule has 1 aliphatic carbocycles. The van der Waals surface area contributed by atoms with Crippen molar-refractivity contribution in [3.05, 3.63) is 35.9 Å². The molecule has 1 aromatic rings. The van der Waals surface area contributed by atoms with Gasteiger partial charge in [-0.25, -0.2) is 0 Å². The first-order valence-corrected chi connectivity index (χ1v) is 8.37. The fourth-order valence-corrected chi connectivity index (χ4v) is 4.17. The Morgan fingerprint density at radius 1 is 1.05 bits per heavy atom. The Bertz CT molecular complexity index is 494. The molecule has 112 valence electrons. The molecule has 5 unspecified atom stereocenters. The molecule has 2 heteroatoms. The third kappa shape index (κ3) is 2.99. The lowest BCUT2D eigenvalue weighted by Gasteiger charge is -2.38. The Labute approximate surface area is 128 Å². The van der Waals surface area contributed by atoms with Crippen LogP contribution in [-0.4, -0.2) is 24.0 Å². The summed E-state index contributed by atoms with van der Waals surface area (Å²) in [6, 6.07) is 13.9. The quantitative estimate of drug-likeness (QED) is 0.818. The number of nitrogens with zero attached hydrogens (tertiary/aromatic N) is 2. The summed E-state index contributed by atoms with van der Waals surface area (Å²) in [7, 11) is 0. The fraction of sp³-hybridized carbons (Fsp3) is 0.632. The van der Waals surface area contributed by atoms with Gasteiger partial charge in [0.05, 0.1) is 12.0 Å². The summed E-state index contributed by atoms with van der Waals surface area (Å²) in [5.74, 6) is 2.39. The summed E-state index contributed by atoms with van der Waals surface area (Å²) in [5, 5.41) is 9.53. The van der Waals surface area contributed by atoms with Crippen LogP contribution in [-0.2, 0) is 0 Å². The zero-order chi connectivity index (χ0) is 14.8. The van der Waals surface area contributed by atoms with E-state index >= 15 is 0 Å². The van der Waals surface area contributed by atoms with E-state index in [4.69, 9.17) is 0 Å². The summed E-state index contributed by atoms with van der Waals surface area (Å²) in [4.78, 5) is 2.61. The number of hydrogen-bond acceptors (Lipinski definition) is 2. The second kappa shape index (κ2) is 6.20. The number of nitriles is 1. The first-order chi connectivity index (χ1) is 10.2. The Kier molecular flexibility index (Phi) is 4.31. The smallest absolute Gasteiger partial charge is 0.0672 e. The summed E-state index contributed by atoms with van der Waals surface area (Å²) in [5.41, 5.74) is 1.46. The molecule has 1 aliphatic heterocycles. The van der Waals surface area contributed by atoms with Crippen LogP contribution in [0.5, 0.6) is 0 Å². The SMILES string of the molecule is CC1CN(C2CC(c3ccccc3)CCC2C#N)CC1C. The maximum absolute atomic E-state index is 9.53. The van der Waals surface area contributed by atoms with E-state index in [0.29, 0.717) is 12.0 Å². The normalized spacial score (nSPS) is 37.3. The number of rotatable bonds is 2. The zero-order valence-electron chi connectivity index (χ0n) is 13.2. The van der Waals surface area contributed by atoms with Crippen LogP contribution in [0.4, 0.5) is 0 Å². The molecular formula is C19H26N2. The maximum Gasteiger partial charge on any atom is 0.0672 e. The highest BCUT2D eigenvalue weighted by Gasteiger charge is 2.39. The monoisotopic (exact) mass is 282 g/mol. The van der Waals surface area contributed by atoms with Gasteiger partial charge in [-0.3, -0.25) is 4.90 Å². The van der Waals surface area contributed by atoms with Crippen LogP contribution in [0.3, 0.4) is 0 Å².